The Morgan fingerprint density at radius 3 is 2.50 bits per heavy atom. The highest BCUT2D eigenvalue weighted by Gasteiger charge is 2.28. The Morgan fingerprint density at radius 1 is 1.35 bits per heavy atom. The van der Waals surface area contributed by atoms with Gasteiger partial charge in [-0.2, -0.15) is 4.31 Å². The Kier molecular flexibility index (Phi) is 6.13. The van der Waals surface area contributed by atoms with E-state index in [0.717, 1.165) is 0 Å². The zero-order valence-electron chi connectivity index (χ0n) is 12.5. The molecule has 20 heavy (non-hydrogen) atoms. The van der Waals surface area contributed by atoms with Crippen LogP contribution in [0.15, 0.2) is 23.1 Å². The maximum Gasteiger partial charge on any atom is 0.243 e. The van der Waals surface area contributed by atoms with Crippen molar-refractivity contribution in [1.82, 2.24) is 4.31 Å². The number of aliphatic hydroxyl groups is 1. The van der Waals surface area contributed by atoms with Crippen LogP contribution in [0.25, 0.3) is 0 Å². The van der Waals surface area contributed by atoms with Crippen molar-refractivity contribution in [2.75, 3.05) is 20.3 Å². The number of methoxy groups -OCH3 is 1. The van der Waals surface area contributed by atoms with Crippen LogP contribution in [0.2, 0.25) is 0 Å². The van der Waals surface area contributed by atoms with Gasteiger partial charge >= 0.3 is 0 Å². The van der Waals surface area contributed by atoms with Gasteiger partial charge in [-0.15, -0.1) is 0 Å². The molecular weight excluding hydrogens is 278 g/mol. The highest BCUT2D eigenvalue weighted by atomic mass is 32.2. The van der Waals surface area contributed by atoms with Gasteiger partial charge in [0.05, 0.1) is 18.1 Å². The highest BCUT2D eigenvalue weighted by molar-refractivity contribution is 7.89. The lowest BCUT2D eigenvalue weighted by Crippen LogP contribution is -2.39. The molecule has 1 rings (SSSR count). The molecule has 0 saturated heterocycles. The van der Waals surface area contributed by atoms with Crippen LogP contribution in [0.3, 0.4) is 0 Å². The number of aryl methyl sites for hydroxylation is 1. The average Bonchev–Trinajstić information content (AvgIpc) is 2.38. The number of benzene rings is 1. The summed E-state index contributed by atoms with van der Waals surface area (Å²) in [7, 11) is -2.05. The van der Waals surface area contributed by atoms with Crippen LogP contribution in [-0.4, -0.2) is 44.1 Å². The summed E-state index contributed by atoms with van der Waals surface area (Å²) in [5.41, 5.74) is 1.26. The number of sulfonamides is 1. The largest absolute Gasteiger partial charge is 0.392 e. The average molecular weight is 301 g/mol. The van der Waals surface area contributed by atoms with Crippen LogP contribution < -0.4 is 0 Å². The summed E-state index contributed by atoms with van der Waals surface area (Å²) in [6.45, 7) is 5.89. The van der Waals surface area contributed by atoms with Gasteiger partial charge in [-0.05, 0) is 38.0 Å². The third-order valence-corrected chi connectivity index (χ3v) is 5.33. The molecule has 0 aliphatic rings. The number of hydrogen-bond donors (Lipinski definition) is 1. The molecule has 0 unspecified atom stereocenters. The van der Waals surface area contributed by atoms with E-state index >= 15 is 0 Å². The molecule has 5 nitrogen and oxygen atoms in total. The highest BCUT2D eigenvalue weighted by Crippen LogP contribution is 2.23. The minimum Gasteiger partial charge on any atom is -0.392 e. The van der Waals surface area contributed by atoms with Crippen LogP contribution in [0.4, 0.5) is 0 Å². The molecule has 0 aliphatic carbocycles. The lowest BCUT2D eigenvalue weighted by atomic mass is 10.2. The number of aliphatic hydroxyl groups excluding tert-OH is 1. The summed E-state index contributed by atoms with van der Waals surface area (Å²) in [5, 5.41) is 9.18. The molecule has 0 atom stereocenters. The fraction of sp³-hybridized carbons (Fsp3) is 0.571. The number of nitrogens with zero attached hydrogens (tertiary/aromatic N) is 1. The molecule has 114 valence electrons. The van der Waals surface area contributed by atoms with E-state index in [2.05, 4.69) is 0 Å². The molecule has 0 aromatic heterocycles. The SMILES string of the molecule is COCCN(C(C)C)S(=O)(=O)c1cc(CO)ccc1C. The van der Waals surface area contributed by atoms with Gasteiger partial charge in [0.1, 0.15) is 0 Å². The van der Waals surface area contributed by atoms with Gasteiger partial charge in [0.25, 0.3) is 0 Å². The van der Waals surface area contributed by atoms with E-state index < -0.39 is 10.0 Å². The van der Waals surface area contributed by atoms with Crippen molar-refractivity contribution in [2.24, 2.45) is 0 Å². The monoisotopic (exact) mass is 301 g/mol. The first-order chi connectivity index (χ1) is 9.34. The molecular formula is C14H23NO4S. The fourth-order valence-corrected chi connectivity index (χ4v) is 3.88. The van der Waals surface area contributed by atoms with Crippen molar-refractivity contribution in [2.45, 2.75) is 38.3 Å². The maximum atomic E-state index is 12.8. The first-order valence-electron chi connectivity index (χ1n) is 6.55. The Bertz CT molecular complexity index is 540. The van der Waals surface area contributed by atoms with Crippen molar-refractivity contribution < 1.29 is 18.3 Å². The van der Waals surface area contributed by atoms with E-state index in [1.807, 2.05) is 13.8 Å². The van der Waals surface area contributed by atoms with E-state index in [0.29, 0.717) is 24.3 Å². The first-order valence-corrected chi connectivity index (χ1v) is 7.99. The van der Waals surface area contributed by atoms with E-state index in [1.165, 1.54) is 10.4 Å². The van der Waals surface area contributed by atoms with E-state index in [-0.39, 0.29) is 17.5 Å². The quantitative estimate of drug-likeness (QED) is 0.829. The predicted molar refractivity (Wildman–Crippen MR) is 78.0 cm³/mol. The minimum absolute atomic E-state index is 0.160. The molecule has 0 saturated carbocycles. The van der Waals surface area contributed by atoms with Crippen molar-refractivity contribution in [3.63, 3.8) is 0 Å². The number of rotatable bonds is 7. The molecule has 0 spiro atoms. The summed E-state index contributed by atoms with van der Waals surface area (Å²) in [5.74, 6) is 0. The van der Waals surface area contributed by atoms with Gasteiger partial charge in [0.15, 0.2) is 0 Å². The predicted octanol–water partition coefficient (Wildman–Crippen LogP) is 1.53. The van der Waals surface area contributed by atoms with E-state index in [1.54, 1.807) is 26.2 Å². The topological polar surface area (TPSA) is 66.8 Å². The van der Waals surface area contributed by atoms with Gasteiger partial charge in [0.2, 0.25) is 10.0 Å². The summed E-state index contributed by atoms with van der Waals surface area (Å²) < 4.78 is 31.9. The zero-order valence-corrected chi connectivity index (χ0v) is 13.3. The van der Waals surface area contributed by atoms with Gasteiger partial charge in [-0.25, -0.2) is 8.42 Å². The third-order valence-electron chi connectivity index (χ3n) is 3.11. The van der Waals surface area contributed by atoms with E-state index in [4.69, 9.17) is 4.74 Å². The molecule has 6 heteroatoms. The van der Waals surface area contributed by atoms with Gasteiger partial charge in [-0.1, -0.05) is 12.1 Å². The molecule has 0 radical (unpaired) electrons. The molecule has 0 heterocycles. The molecule has 0 aliphatic heterocycles. The van der Waals surface area contributed by atoms with Crippen LogP contribution in [0, 0.1) is 6.92 Å². The minimum atomic E-state index is -3.59. The maximum absolute atomic E-state index is 12.8. The Balaban J connectivity index is 3.25. The van der Waals surface area contributed by atoms with E-state index in [9.17, 15) is 13.5 Å². The second-order valence-corrected chi connectivity index (χ2v) is 6.82. The Hall–Kier alpha value is -0.950. The smallest absolute Gasteiger partial charge is 0.243 e. The fourth-order valence-electron chi connectivity index (χ4n) is 1.98. The third kappa shape index (κ3) is 3.79. The summed E-state index contributed by atoms with van der Waals surface area (Å²) in [4.78, 5) is 0.244. The lowest BCUT2D eigenvalue weighted by molar-refractivity contribution is 0.171. The molecule has 0 fully saturated rings. The summed E-state index contributed by atoms with van der Waals surface area (Å²) in [6.07, 6.45) is 0. The van der Waals surface area contributed by atoms with Crippen molar-refractivity contribution >= 4 is 10.0 Å². The molecule has 1 aromatic carbocycles. The molecule has 0 bridgehead atoms. The summed E-state index contributed by atoms with van der Waals surface area (Å²) >= 11 is 0. The number of hydrogen-bond acceptors (Lipinski definition) is 4. The van der Waals surface area contributed by atoms with Crippen LogP contribution in [-0.2, 0) is 21.4 Å². The second kappa shape index (κ2) is 7.17. The van der Waals surface area contributed by atoms with Crippen LogP contribution in [0.5, 0.6) is 0 Å². The second-order valence-electron chi connectivity index (χ2n) is 4.96. The molecule has 1 N–H and O–H groups in total. The van der Waals surface area contributed by atoms with Crippen LogP contribution in [0.1, 0.15) is 25.0 Å². The lowest BCUT2D eigenvalue weighted by Gasteiger charge is -2.26. The standard InChI is InChI=1S/C14H23NO4S/c1-11(2)15(7-8-19-4)20(17,18)14-9-13(10-16)6-5-12(14)3/h5-6,9,11,16H,7-8,10H2,1-4H3. The van der Waals surface area contributed by atoms with Crippen LogP contribution >= 0.6 is 0 Å². The van der Waals surface area contributed by atoms with Gasteiger partial charge in [0, 0.05) is 19.7 Å². The number of ether oxygens (including phenoxy) is 1. The molecule has 0 amide bonds. The van der Waals surface area contributed by atoms with Crippen molar-refractivity contribution in [1.29, 1.82) is 0 Å². The molecule has 1 aromatic rings. The zero-order chi connectivity index (χ0) is 15.3. The van der Waals surface area contributed by atoms with Gasteiger partial charge < -0.3 is 9.84 Å². The van der Waals surface area contributed by atoms with Crippen molar-refractivity contribution in [3.8, 4) is 0 Å². The first kappa shape index (κ1) is 17.1. The van der Waals surface area contributed by atoms with Crippen molar-refractivity contribution in [3.05, 3.63) is 29.3 Å². The Labute approximate surface area is 121 Å². The Morgan fingerprint density at radius 2 is 2.00 bits per heavy atom. The van der Waals surface area contributed by atoms with Gasteiger partial charge in [-0.3, -0.25) is 0 Å². The summed E-state index contributed by atoms with van der Waals surface area (Å²) in [6, 6.07) is 4.82. The normalized spacial score (nSPS) is 12.3.